The second-order valence-electron chi connectivity index (χ2n) is 3.84. The van der Waals surface area contributed by atoms with Crippen molar-refractivity contribution < 1.29 is 18.7 Å². The second-order valence-corrected chi connectivity index (χ2v) is 3.84. The van der Waals surface area contributed by atoms with Gasteiger partial charge >= 0.3 is 0 Å². The zero-order chi connectivity index (χ0) is 11.5. The topological polar surface area (TPSA) is 35.5 Å². The first-order chi connectivity index (χ1) is 7.76. The summed E-state index contributed by atoms with van der Waals surface area (Å²) in [7, 11) is 0. The van der Waals surface area contributed by atoms with Crippen LogP contribution in [0.1, 0.15) is 30.4 Å². The Morgan fingerprint density at radius 2 is 2.12 bits per heavy atom. The minimum absolute atomic E-state index is 0.00208. The van der Waals surface area contributed by atoms with Crippen LogP contribution in [-0.4, -0.2) is 13.1 Å². The molecule has 1 atom stereocenters. The molecule has 16 heavy (non-hydrogen) atoms. The van der Waals surface area contributed by atoms with Crippen molar-refractivity contribution in [3.05, 3.63) is 23.3 Å². The Morgan fingerprint density at radius 3 is 2.75 bits per heavy atom. The minimum atomic E-state index is -0.560. The van der Waals surface area contributed by atoms with E-state index in [1.807, 2.05) is 6.92 Å². The van der Waals surface area contributed by atoms with Gasteiger partial charge in [0.05, 0.1) is 0 Å². The fourth-order valence-corrected chi connectivity index (χ4v) is 1.85. The maximum absolute atomic E-state index is 12.9. The molecule has 1 aliphatic heterocycles. The lowest BCUT2D eigenvalue weighted by Gasteiger charge is -2.13. The summed E-state index contributed by atoms with van der Waals surface area (Å²) in [6, 6.07) is 3.42. The summed E-state index contributed by atoms with van der Waals surface area (Å²) < 4.78 is 23.3. The van der Waals surface area contributed by atoms with Crippen LogP contribution in [0.4, 0.5) is 4.39 Å². The van der Waals surface area contributed by atoms with E-state index >= 15 is 0 Å². The van der Waals surface area contributed by atoms with Gasteiger partial charge in [0.25, 0.3) is 0 Å². The van der Waals surface area contributed by atoms with E-state index in [4.69, 9.17) is 9.47 Å². The molecule has 86 valence electrons. The van der Waals surface area contributed by atoms with Crippen LogP contribution in [0.5, 0.6) is 11.5 Å². The number of rotatable bonds is 4. The molecule has 3 nitrogen and oxygen atoms in total. The molecule has 1 aliphatic rings. The average molecular weight is 224 g/mol. The number of fused-ring (bicyclic) bond motifs is 1. The second kappa shape index (κ2) is 4.51. The van der Waals surface area contributed by atoms with E-state index in [0.29, 0.717) is 23.5 Å². The van der Waals surface area contributed by atoms with Crippen LogP contribution in [0.15, 0.2) is 12.1 Å². The molecule has 0 aliphatic carbocycles. The number of carbonyl (C=O) groups excluding carboxylic acids is 1. The summed E-state index contributed by atoms with van der Waals surface area (Å²) >= 11 is 0. The van der Waals surface area contributed by atoms with Crippen LogP contribution in [-0.2, 0) is 11.5 Å². The highest BCUT2D eigenvalue weighted by Gasteiger charge is 2.19. The highest BCUT2D eigenvalue weighted by molar-refractivity contribution is 5.54. The molecule has 1 unspecified atom stereocenters. The summed E-state index contributed by atoms with van der Waals surface area (Å²) in [6.07, 6.45) is 1.23. The molecule has 0 bridgehead atoms. The molecular weight excluding hydrogens is 211 g/mol. The molecule has 0 N–H and O–H groups in total. The van der Waals surface area contributed by atoms with Gasteiger partial charge in [-0.05, 0) is 29.2 Å². The Labute approximate surface area is 93.2 Å². The van der Waals surface area contributed by atoms with Crippen molar-refractivity contribution in [1.29, 1.82) is 0 Å². The van der Waals surface area contributed by atoms with E-state index in [1.165, 1.54) is 0 Å². The summed E-state index contributed by atoms with van der Waals surface area (Å²) in [5, 5.41) is 0. The first-order valence-electron chi connectivity index (χ1n) is 5.18. The van der Waals surface area contributed by atoms with Crippen molar-refractivity contribution in [2.75, 3.05) is 6.79 Å². The van der Waals surface area contributed by atoms with Crippen LogP contribution < -0.4 is 9.47 Å². The molecule has 2 rings (SSSR count). The number of halogens is 1. The van der Waals surface area contributed by atoms with Gasteiger partial charge in [-0.3, -0.25) is 0 Å². The molecule has 1 aromatic carbocycles. The monoisotopic (exact) mass is 224 g/mol. The number of hydrogen-bond acceptors (Lipinski definition) is 3. The molecule has 0 saturated carbocycles. The zero-order valence-electron chi connectivity index (χ0n) is 9.03. The van der Waals surface area contributed by atoms with Gasteiger partial charge in [0, 0.05) is 6.42 Å². The van der Waals surface area contributed by atoms with E-state index in [-0.39, 0.29) is 12.7 Å². The summed E-state index contributed by atoms with van der Waals surface area (Å²) in [5.41, 5.74) is 1.39. The van der Waals surface area contributed by atoms with Crippen molar-refractivity contribution in [3.63, 3.8) is 0 Å². The van der Waals surface area contributed by atoms with Gasteiger partial charge in [0.2, 0.25) is 6.79 Å². The van der Waals surface area contributed by atoms with Crippen LogP contribution in [0.3, 0.4) is 0 Å². The highest BCUT2D eigenvalue weighted by atomic mass is 19.1. The maximum atomic E-state index is 12.9. The predicted molar refractivity (Wildman–Crippen MR) is 56.5 cm³/mol. The number of alkyl halides is 1. The van der Waals surface area contributed by atoms with Gasteiger partial charge in [-0.2, -0.15) is 0 Å². The largest absolute Gasteiger partial charge is 0.454 e. The number of benzene rings is 1. The summed E-state index contributed by atoms with van der Waals surface area (Å²) in [6.45, 7) is 1.51. The molecule has 0 amide bonds. The Bertz CT molecular complexity index is 403. The Hall–Kier alpha value is -1.58. The van der Waals surface area contributed by atoms with Gasteiger partial charge in [-0.25, -0.2) is 4.39 Å². The van der Waals surface area contributed by atoms with Crippen molar-refractivity contribution in [2.45, 2.75) is 25.9 Å². The van der Waals surface area contributed by atoms with E-state index < -0.39 is 6.67 Å². The molecule has 1 heterocycles. The first-order valence-corrected chi connectivity index (χ1v) is 5.18. The SMILES string of the molecule is CC(CC=O)c1cc2c(cc1CF)OCO2. The van der Waals surface area contributed by atoms with E-state index in [1.54, 1.807) is 12.1 Å². The predicted octanol–water partition coefficient (Wildman–Crippen LogP) is 2.58. The maximum Gasteiger partial charge on any atom is 0.231 e. The lowest BCUT2D eigenvalue weighted by Crippen LogP contribution is -1.99. The van der Waals surface area contributed by atoms with Crippen molar-refractivity contribution in [2.24, 2.45) is 0 Å². The fraction of sp³-hybridized carbons (Fsp3) is 0.417. The third-order valence-corrected chi connectivity index (χ3v) is 2.76. The Kier molecular flexibility index (Phi) is 3.08. The van der Waals surface area contributed by atoms with Crippen molar-refractivity contribution in [1.82, 2.24) is 0 Å². The molecular formula is C12H13FO3. The normalized spacial score (nSPS) is 14.9. The Morgan fingerprint density at radius 1 is 1.44 bits per heavy atom. The fourth-order valence-electron chi connectivity index (χ4n) is 1.85. The summed E-state index contributed by atoms with van der Waals surface area (Å²) in [4.78, 5) is 10.5. The van der Waals surface area contributed by atoms with Crippen LogP contribution in [0.25, 0.3) is 0 Å². The Balaban J connectivity index is 2.39. The molecule has 0 radical (unpaired) electrons. The highest BCUT2D eigenvalue weighted by Crippen LogP contribution is 2.38. The van der Waals surface area contributed by atoms with Gasteiger partial charge < -0.3 is 14.3 Å². The smallest absolute Gasteiger partial charge is 0.231 e. The number of hydrogen-bond donors (Lipinski definition) is 0. The minimum Gasteiger partial charge on any atom is -0.454 e. The molecule has 0 fully saturated rings. The van der Waals surface area contributed by atoms with E-state index in [0.717, 1.165) is 11.8 Å². The number of ether oxygens (including phenoxy) is 2. The van der Waals surface area contributed by atoms with Gasteiger partial charge in [0.1, 0.15) is 13.0 Å². The van der Waals surface area contributed by atoms with Crippen LogP contribution in [0.2, 0.25) is 0 Å². The van der Waals surface area contributed by atoms with Crippen molar-refractivity contribution >= 4 is 6.29 Å². The van der Waals surface area contributed by atoms with E-state index in [2.05, 4.69) is 0 Å². The first kappa shape index (κ1) is 10.9. The van der Waals surface area contributed by atoms with Crippen LogP contribution in [0, 0.1) is 0 Å². The zero-order valence-corrected chi connectivity index (χ0v) is 9.03. The molecule has 0 spiro atoms. The van der Waals surface area contributed by atoms with Gasteiger partial charge in [-0.1, -0.05) is 6.92 Å². The molecule has 0 aromatic heterocycles. The lowest BCUT2D eigenvalue weighted by atomic mass is 9.93. The lowest BCUT2D eigenvalue weighted by molar-refractivity contribution is -0.108. The standard InChI is InChI=1S/C12H13FO3/c1-8(2-3-14)10-5-12-11(15-7-16-12)4-9(10)6-13/h3-5,8H,2,6-7H2,1H3. The molecule has 4 heteroatoms. The quantitative estimate of drug-likeness (QED) is 0.737. The molecule has 0 saturated heterocycles. The number of carbonyl (C=O) groups is 1. The van der Waals surface area contributed by atoms with Crippen molar-refractivity contribution in [3.8, 4) is 11.5 Å². The summed E-state index contributed by atoms with van der Waals surface area (Å²) in [5.74, 6) is 1.21. The number of aldehydes is 1. The van der Waals surface area contributed by atoms with E-state index in [9.17, 15) is 9.18 Å². The van der Waals surface area contributed by atoms with Gasteiger partial charge in [0.15, 0.2) is 11.5 Å². The third-order valence-electron chi connectivity index (χ3n) is 2.76. The van der Waals surface area contributed by atoms with Gasteiger partial charge in [-0.15, -0.1) is 0 Å². The molecule has 1 aromatic rings. The average Bonchev–Trinajstić information content (AvgIpc) is 2.74. The van der Waals surface area contributed by atoms with Crippen LogP contribution >= 0.6 is 0 Å². The third kappa shape index (κ3) is 1.87.